The Bertz CT molecular complexity index is 1110. The van der Waals surface area contributed by atoms with Crippen molar-refractivity contribution in [3.05, 3.63) is 88.4 Å². The van der Waals surface area contributed by atoms with E-state index in [-0.39, 0.29) is 17.3 Å². The summed E-state index contributed by atoms with van der Waals surface area (Å²) < 4.78 is 13.7. The summed E-state index contributed by atoms with van der Waals surface area (Å²) in [5.74, 6) is -0.577. The van der Waals surface area contributed by atoms with E-state index in [4.69, 9.17) is 0 Å². The van der Waals surface area contributed by atoms with Gasteiger partial charge in [0, 0.05) is 24.0 Å². The van der Waals surface area contributed by atoms with E-state index in [0.29, 0.717) is 17.8 Å². The maximum absolute atomic E-state index is 13.7. The number of aromatic nitrogens is 1. The topological polar surface area (TPSA) is 71.1 Å². The van der Waals surface area contributed by atoms with Crippen molar-refractivity contribution in [2.45, 2.75) is 19.8 Å². The lowest BCUT2D eigenvalue weighted by Gasteiger charge is -2.10. The number of pyridine rings is 1. The molecule has 0 unspecified atom stereocenters. The van der Waals surface area contributed by atoms with Gasteiger partial charge in [-0.15, -0.1) is 0 Å². The number of nitrogens with one attached hydrogen (secondary N) is 2. The van der Waals surface area contributed by atoms with E-state index in [0.717, 1.165) is 35.3 Å². The molecule has 29 heavy (non-hydrogen) atoms. The molecule has 3 aromatic rings. The maximum Gasteiger partial charge on any atom is 0.257 e. The second-order valence-corrected chi connectivity index (χ2v) is 7.06. The SMILES string of the molecule is CC(=O)c1cc(Cc2ccnc(NC(=O)c3cccc4c3CCN4)c2)ccc1F. The van der Waals surface area contributed by atoms with Gasteiger partial charge in [0.2, 0.25) is 0 Å². The van der Waals surface area contributed by atoms with Crippen LogP contribution in [0.5, 0.6) is 0 Å². The van der Waals surface area contributed by atoms with Crippen molar-refractivity contribution in [1.29, 1.82) is 0 Å². The summed E-state index contributed by atoms with van der Waals surface area (Å²) in [6.07, 6.45) is 2.93. The highest BCUT2D eigenvalue weighted by atomic mass is 19.1. The Morgan fingerprint density at radius 1 is 1.10 bits per heavy atom. The molecule has 0 fully saturated rings. The molecule has 0 spiro atoms. The minimum Gasteiger partial charge on any atom is -0.384 e. The Labute approximate surface area is 168 Å². The fourth-order valence-electron chi connectivity index (χ4n) is 3.58. The van der Waals surface area contributed by atoms with E-state index in [1.165, 1.54) is 13.0 Å². The predicted octanol–water partition coefficient (Wildman–Crippen LogP) is 4.23. The summed E-state index contributed by atoms with van der Waals surface area (Å²) in [6.45, 7) is 2.17. The number of anilines is 2. The number of amides is 1. The van der Waals surface area contributed by atoms with Gasteiger partial charge in [0.15, 0.2) is 5.78 Å². The monoisotopic (exact) mass is 389 g/mol. The molecule has 146 valence electrons. The third-order valence-electron chi connectivity index (χ3n) is 5.00. The normalized spacial score (nSPS) is 12.2. The van der Waals surface area contributed by atoms with Gasteiger partial charge in [-0.2, -0.15) is 0 Å². The second kappa shape index (κ2) is 7.83. The highest BCUT2D eigenvalue weighted by Gasteiger charge is 2.19. The largest absolute Gasteiger partial charge is 0.384 e. The van der Waals surface area contributed by atoms with Crippen LogP contribution in [0.15, 0.2) is 54.7 Å². The Kier molecular flexibility index (Phi) is 5.08. The van der Waals surface area contributed by atoms with Crippen LogP contribution in [0.1, 0.15) is 44.3 Å². The smallest absolute Gasteiger partial charge is 0.257 e. The Hall–Kier alpha value is -3.54. The number of halogens is 1. The van der Waals surface area contributed by atoms with Crippen LogP contribution in [-0.2, 0) is 12.8 Å². The molecule has 2 aromatic carbocycles. The first-order valence-electron chi connectivity index (χ1n) is 9.42. The molecule has 5 nitrogen and oxygen atoms in total. The van der Waals surface area contributed by atoms with E-state index < -0.39 is 5.82 Å². The molecule has 0 aliphatic carbocycles. The number of fused-ring (bicyclic) bond motifs is 1. The van der Waals surface area contributed by atoms with Gasteiger partial charge in [-0.25, -0.2) is 9.37 Å². The molecule has 0 atom stereocenters. The van der Waals surface area contributed by atoms with Crippen molar-refractivity contribution in [2.24, 2.45) is 0 Å². The zero-order chi connectivity index (χ0) is 20.4. The standard InChI is InChI=1S/C23H20FN3O2/c1-14(28)19-12-15(5-6-20(19)24)11-16-7-9-26-22(13-16)27-23(29)18-3-2-4-21-17(18)8-10-25-21/h2-7,9,12-13,25H,8,10-11H2,1H3,(H,26,27,29). The summed E-state index contributed by atoms with van der Waals surface area (Å²) in [6, 6.07) is 13.8. The van der Waals surface area contributed by atoms with Crippen molar-refractivity contribution in [2.75, 3.05) is 17.2 Å². The molecule has 6 heteroatoms. The summed E-state index contributed by atoms with van der Waals surface area (Å²) in [5, 5.41) is 6.13. The number of hydrogen-bond donors (Lipinski definition) is 2. The number of ketones is 1. The molecule has 0 saturated heterocycles. The maximum atomic E-state index is 13.7. The minimum absolute atomic E-state index is 0.0802. The fraction of sp³-hybridized carbons (Fsp3) is 0.174. The third kappa shape index (κ3) is 4.01. The van der Waals surface area contributed by atoms with Gasteiger partial charge in [0.1, 0.15) is 11.6 Å². The molecule has 1 aromatic heterocycles. The molecule has 0 bridgehead atoms. The van der Waals surface area contributed by atoms with Gasteiger partial charge in [-0.05, 0) is 72.9 Å². The third-order valence-corrected chi connectivity index (χ3v) is 5.00. The first kappa shape index (κ1) is 18.8. The second-order valence-electron chi connectivity index (χ2n) is 7.06. The van der Waals surface area contributed by atoms with Crippen molar-refractivity contribution in [3.8, 4) is 0 Å². The van der Waals surface area contributed by atoms with Crippen molar-refractivity contribution in [1.82, 2.24) is 4.98 Å². The number of carbonyl (C=O) groups is 2. The number of Topliss-reactive ketones (excluding diaryl/α,β-unsaturated/α-hetero) is 1. The van der Waals surface area contributed by atoms with Gasteiger partial charge in [0.25, 0.3) is 5.91 Å². The van der Waals surface area contributed by atoms with Crippen LogP contribution < -0.4 is 10.6 Å². The van der Waals surface area contributed by atoms with Gasteiger partial charge >= 0.3 is 0 Å². The number of hydrogen-bond acceptors (Lipinski definition) is 4. The number of carbonyl (C=O) groups excluding carboxylic acids is 2. The van der Waals surface area contributed by atoms with Crippen LogP contribution in [0.2, 0.25) is 0 Å². The summed E-state index contributed by atoms with van der Waals surface area (Å²) in [7, 11) is 0. The van der Waals surface area contributed by atoms with Gasteiger partial charge < -0.3 is 10.6 Å². The highest BCUT2D eigenvalue weighted by Crippen LogP contribution is 2.26. The number of rotatable bonds is 5. The molecule has 2 N–H and O–H groups in total. The lowest BCUT2D eigenvalue weighted by molar-refractivity contribution is 0.100. The zero-order valence-corrected chi connectivity index (χ0v) is 16.0. The molecular formula is C23H20FN3O2. The average molecular weight is 389 g/mol. The number of nitrogens with zero attached hydrogens (tertiary/aromatic N) is 1. The summed E-state index contributed by atoms with van der Waals surface area (Å²) in [5.41, 5.74) is 4.45. The molecule has 1 aliphatic heterocycles. The Balaban J connectivity index is 1.52. The molecule has 1 aliphatic rings. The number of benzene rings is 2. The van der Waals surface area contributed by atoms with Crippen molar-refractivity contribution in [3.63, 3.8) is 0 Å². The predicted molar refractivity (Wildman–Crippen MR) is 110 cm³/mol. The summed E-state index contributed by atoms with van der Waals surface area (Å²) >= 11 is 0. The zero-order valence-electron chi connectivity index (χ0n) is 16.0. The van der Waals surface area contributed by atoms with E-state index >= 15 is 0 Å². The van der Waals surface area contributed by atoms with Crippen LogP contribution in [0, 0.1) is 5.82 Å². The van der Waals surface area contributed by atoms with Crippen LogP contribution in [0.4, 0.5) is 15.9 Å². The van der Waals surface area contributed by atoms with Crippen LogP contribution >= 0.6 is 0 Å². The molecule has 0 radical (unpaired) electrons. The molecule has 0 saturated carbocycles. The van der Waals surface area contributed by atoms with E-state index in [1.54, 1.807) is 24.4 Å². The first-order valence-corrected chi connectivity index (χ1v) is 9.42. The van der Waals surface area contributed by atoms with Crippen LogP contribution in [-0.4, -0.2) is 23.2 Å². The lowest BCUT2D eigenvalue weighted by Crippen LogP contribution is -2.15. The molecule has 2 heterocycles. The van der Waals surface area contributed by atoms with Crippen LogP contribution in [0.25, 0.3) is 0 Å². The van der Waals surface area contributed by atoms with Crippen molar-refractivity contribution >= 4 is 23.2 Å². The molecular weight excluding hydrogens is 369 g/mol. The average Bonchev–Trinajstić information content (AvgIpc) is 3.18. The van der Waals surface area contributed by atoms with Gasteiger partial charge in [-0.3, -0.25) is 9.59 Å². The quantitative estimate of drug-likeness (QED) is 0.641. The van der Waals surface area contributed by atoms with Crippen LogP contribution in [0.3, 0.4) is 0 Å². The molecule has 1 amide bonds. The van der Waals surface area contributed by atoms with E-state index in [1.807, 2.05) is 24.3 Å². The van der Waals surface area contributed by atoms with Gasteiger partial charge in [-0.1, -0.05) is 12.1 Å². The van der Waals surface area contributed by atoms with E-state index in [2.05, 4.69) is 15.6 Å². The first-order chi connectivity index (χ1) is 14.0. The summed E-state index contributed by atoms with van der Waals surface area (Å²) in [4.78, 5) is 28.5. The Morgan fingerprint density at radius 2 is 1.93 bits per heavy atom. The Morgan fingerprint density at radius 3 is 2.76 bits per heavy atom. The highest BCUT2D eigenvalue weighted by molar-refractivity contribution is 6.06. The lowest BCUT2D eigenvalue weighted by atomic mass is 10.0. The van der Waals surface area contributed by atoms with Gasteiger partial charge in [0.05, 0.1) is 5.56 Å². The van der Waals surface area contributed by atoms with E-state index in [9.17, 15) is 14.0 Å². The fourth-order valence-corrected chi connectivity index (χ4v) is 3.58. The minimum atomic E-state index is -0.520. The van der Waals surface area contributed by atoms with Crippen molar-refractivity contribution < 1.29 is 14.0 Å². The molecule has 4 rings (SSSR count).